The highest BCUT2D eigenvalue weighted by atomic mass is 35.5. The second kappa shape index (κ2) is 5.64. The van der Waals surface area contributed by atoms with Gasteiger partial charge in [-0.15, -0.1) is 0 Å². The first-order valence-electron chi connectivity index (χ1n) is 5.57. The molecule has 1 N–H and O–H groups in total. The lowest BCUT2D eigenvalue weighted by molar-refractivity contribution is 1.07. The first kappa shape index (κ1) is 11.9. The fourth-order valence-electron chi connectivity index (χ4n) is 1.52. The molecule has 2 aromatic rings. The SMILES string of the molecule is CCc1ccc(CNc2cc(Cl)ncn2)cc1. The Morgan fingerprint density at radius 1 is 1.12 bits per heavy atom. The van der Waals surface area contributed by atoms with E-state index in [1.165, 1.54) is 17.5 Å². The van der Waals surface area contributed by atoms with E-state index in [9.17, 15) is 0 Å². The molecular weight excluding hydrogens is 234 g/mol. The zero-order valence-corrected chi connectivity index (χ0v) is 10.4. The van der Waals surface area contributed by atoms with Gasteiger partial charge in [0, 0.05) is 12.6 Å². The molecule has 0 saturated carbocycles. The van der Waals surface area contributed by atoms with Gasteiger partial charge in [-0.05, 0) is 17.5 Å². The molecule has 3 nitrogen and oxygen atoms in total. The molecular formula is C13H14ClN3. The number of halogens is 1. The highest BCUT2D eigenvalue weighted by Gasteiger charge is 1.97. The van der Waals surface area contributed by atoms with Crippen LogP contribution >= 0.6 is 11.6 Å². The second-order valence-corrected chi connectivity index (χ2v) is 4.14. The van der Waals surface area contributed by atoms with E-state index in [-0.39, 0.29) is 0 Å². The van der Waals surface area contributed by atoms with E-state index in [1.54, 1.807) is 6.07 Å². The van der Waals surface area contributed by atoms with Gasteiger partial charge in [0.2, 0.25) is 0 Å². The third kappa shape index (κ3) is 3.43. The van der Waals surface area contributed by atoms with Gasteiger partial charge in [0.1, 0.15) is 17.3 Å². The molecule has 17 heavy (non-hydrogen) atoms. The topological polar surface area (TPSA) is 37.8 Å². The zero-order chi connectivity index (χ0) is 12.1. The molecule has 0 radical (unpaired) electrons. The van der Waals surface area contributed by atoms with Gasteiger partial charge in [-0.3, -0.25) is 0 Å². The van der Waals surface area contributed by atoms with E-state index in [0.717, 1.165) is 18.8 Å². The fourth-order valence-corrected chi connectivity index (χ4v) is 1.66. The van der Waals surface area contributed by atoms with E-state index in [2.05, 4.69) is 46.5 Å². The fraction of sp³-hybridized carbons (Fsp3) is 0.231. The van der Waals surface area contributed by atoms with Gasteiger partial charge < -0.3 is 5.32 Å². The minimum atomic E-state index is 0.448. The minimum absolute atomic E-state index is 0.448. The monoisotopic (exact) mass is 247 g/mol. The number of aromatic nitrogens is 2. The molecule has 1 aromatic heterocycles. The first-order valence-corrected chi connectivity index (χ1v) is 5.95. The van der Waals surface area contributed by atoms with E-state index in [1.807, 2.05) is 0 Å². The molecule has 4 heteroatoms. The number of anilines is 1. The molecule has 0 fully saturated rings. The lowest BCUT2D eigenvalue weighted by atomic mass is 10.1. The van der Waals surface area contributed by atoms with Crippen molar-refractivity contribution in [2.45, 2.75) is 19.9 Å². The van der Waals surface area contributed by atoms with Crippen LogP contribution in [0.25, 0.3) is 0 Å². The van der Waals surface area contributed by atoms with Crippen molar-refractivity contribution in [1.82, 2.24) is 9.97 Å². The van der Waals surface area contributed by atoms with Gasteiger partial charge in [-0.1, -0.05) is 42.8 Å². The van der Waals surface area contributed by atoms with Crippen molar-refractivity contribution >= 4 is 17.4 Å². The number of rotatable bonds is 4. The Kier molecular flexibility index (Phi) is 3.94. The Bertz CT molecular complexity index is 482. The average molecular weight is 248 g/mol. The van der Waals surface area contributed by atoms with Crippen LogP contribution in [0.2, 0.25) is 5.15 Å². The van der Waals surface area contributed by atoms with Crippen LogP contribution in [0.5, 0.6) is 0 Å². The first-order chi connectivity index (χ1) is 8.28. The van der Waals surface area contributed by atoms with Crippen LogP contribution in [0, 0.1) is 0 Å². The largest absolute Gasteiger partial charge is 0.366 e. The summed E-state index contributed by atoms with van der Waals surface area (Å²) in [5, 5.41) is 3.65. The molecule has 0 aliphatic rings. The average Bonchev–Trinajstić information content (AvgIpc) is 2.37. The summed E-state index contributed by atoms with van der Waals surface area (Å²) in [5.41, 5.74) is 2.57. The van der Waals surface area contributed by atoms with Crippen molar-refractivity contribution in [3.8, 4) is 0 Å². The zero-order valence-electron chi connectivity index (χ0n) is 9.65. The van der Waals surface area contributed by atoms with Crippen molar-refractivity contribution in [2.75, 3.05) is 5.32 Å². The molecule has 1 aromatic carbocycles. The van der Waals surface area contributed by atoms with Gasteiger partial charge >= 0.3 is 0 Å². The normalized spacial score (nSPS) is 10.2. The van der Waals surface area contributed by atoms with Crippen LogP contribution in [-0.4, -0.2) is 9.97 Å². The van der Waals surface area contributed by atoms with Crippen LogP contribution in [-0.2, 0) is 13.0 Å². The molecule has 0 atom stereocenters. The van der Waals surface area contributed by atoms with Crippen LogP contribution in [0.3, 0.4) is 0 Å². The Hall–Kier alpha value is -1.61. The quantitative estimate of drug-likeness (QED) is 0.843. The van der Waals surface area contributed by atoms with Gasteiger partial charge in [0.05, 0.1) is 0 Å². The van der Waals surface area contributed by atoms with Crippen molar-refractivity contribution in [3.63, 3.8) is 0 Å². The third-order valence-electron chi connectivity index (χ3n) is 2.54. The summed E-state index contributed by atoms with van der Waals surface area (Å²) >= 11 is 5.78. The summed E-state index contributed by atoms with van der Waals surface area (Å²) in [7, 11) is 0. The standard InChI is InChI=1S/C13H14ClN3/c1-2-10-3-5-11(6-4-10)8-15-13-7-12(14)16-9-17-13/h3-7,9H,2,8H2,1H3,(H,15,16,17). The molecule has 1 heterocycles. The molecule has 0 unspecified atom stereocenters. The van der Waals surface area contributed by atoms with E-state index >= 15 is 0 Å². The van der Waals surface area contributed by atoms with Crippen molar-refractivity contribution in [2.24, 2.45) is 0 Å². The lowest BCUT2D eigenvalue weighted by Crippen LogP contribution is -2.01. The molecule has 0 amide bonds. The number of aryl methyl sites for hydroxylation is 1. The summed E-state index contributed by atoms with van der Waals surface area (Å²) in [6.07, 6.45) is 2.51. The summed E-state index contributed by atoms with van der Waals surface area (Å²) in [5.74, 6) is 0.740. The maximum Gasteiger partial charge on any atom is 0.134 e. The Labute approximate surface area is 106 Å². The number of hydrogen-bond acceptors (Lipinski definition) is 3. The number of nitrogens with zero attached hydrogens (tertiary/aromatic N) is 2. The molecule has 2 rings (SSSR count). The molecule has 0 spiro atoms. The third-order valence-corrected chi connectivity index (χ3v) is 2.75. The van der Waals surface area contributed by atoms with Crippen LogP contribution in [0.1, 0.15) is 18.1 Å². The predicted molar refractivity (Wildman–Crippen MR) is 70.2 cm³/mol. The highest BCUT2D eigenvalue weighted by Crippen LogP contribution is 2.11. The maximum atomic E-state index is 5.78. The van der Waals surface area contributed by atoms with E-state index in [0.29, 0.717) is 5.15 Å². The minimum Gasteiger partial charge on any atom is -0.366 e. The Morgan fingerprint density at radius 3 is 2.47 bits per heavy atom. The Morgan fingerprint density at radius 2 is 1.82 bits per heavy atom. The predicted octanol–water partition coefficient (Wildman–Crippen LogP) is 3.30. The van der Waals surface area contributed by atoms with Gasteiger partial charge in [-0.25, -0.2) is 9.97 Å². The van der Waals surface area contributed by atoms with E-state index < -0.39 is 0 Å². The summed E-state index contributed by atoms with van der Waals surface area (Å²) in [6, 6.07) is 10.2. The van der Waals surface area contributed by atoms with Crippen molar-refractivity contribution in [3.05, 3.63) is 52.9 Å². The van der Waals surface area contributed by atoms with Crippen LogP contribution < -0.4 is 5.32 Å². The Balaban J connectivity index is 1.97. The van der Waals surface area contributed by atoms with Crippen molar-refractivity contribution < 1.29 is 0 Å². The van der Waals surface area contributed by atoms with Gasteiger partial charge in [-0.2, -0.15) is 0 Å². The molecule has 0 aliphatic carbocycles. The maximum absolute atomic E-state index is 5.78. The second-order valence-electron chi connectivity index (χ2n) is 3.75. The molecule has 0 bridgehead atoms. The lowest BCUT2D eigenvalue weighted by Gasteiger charge is -2.06. The van der Waals surface area contributed by atoms with Crippen LogP contribution in [0.15, 0.2) is 36.7 Å². The molecule has 0 saturated heterocycles. The number of hydrogen-bond donors (Lipinski definition) is 1. The number of nitrogens with one attached hydrogen (secondary N) is 1. The summed E-state index contributed by atoms with van der Waals surface area (Å²) < 4.78 is 0. The number of benzene rings is 1. The molecule has 0 aliphatic heterocycles. The van der Waals surface area contributed by atoms with Gasteiger partial charge in [0.25, 0.3) is 0 Å². The highest BCUT2D eigenvalue weighted by molar-refractivity contribution is 6.29. The van der Waals surface area contributed by atoms with E-state index in [4.69, 9.17) is 11.6 Å². The van der Waals surface area contributed by atoms with Crippen molar-refractivity contribution in [1.29, 1.82) is 0 Å². The summed E-state index contributed by atoms with van der Waals surface area (Å²) in [4.78, 5) is 7.91. The molecule has 88 valence electrons. The summed E-state index contributed by atoms with van der Waals surface area (Å²) in [6.45, 7) is 2.88. The van der Waals surface area contributed by atoms with Crippen LogP contribution in [0.4, 0.5) is 5.82 Å². The van der Waals surface area contributed by atoms with Gasteiger partial charge in [0.15, 0.2) is 0 Å². The smallest absolute Gasteiger partial charge is 0.134 e.